The number of nitrogens with zero attached hydrogens (tertiary/aromatic N) is 2. The zero-order valence-electron chi connectivity index (χ0n) is 13.6. The maximum atomic E-state index is 13.1. The minimum atomic E-state index is -0.487. The van der Waals surface area contributed by atoms with E-state index in [2.05, 4.69) is 6.07 Å². The van der Waals surface area contributed by atoms with Crippen LogP contribution < -0.4 is 4.90 Å². The van der Waals surface area contributed by atoms with Crippen LogP contribution in [0.1, 0.15) is 21.5 Å². The van der Waals surface area contributed by atoms with E-state index in [0.29, 0.717) is 29.3 Å². The Balaban J connectivity index is 1.75. The number of amides is 1. The van der Waals surface area contributed by atoms with Crippen LogP contribution in [0.25, 0.3) is 0 Å². The summed E-state index contributed by atoms with van der Waals surface area (Å²) in [4.78, 5) is 28.6. The fraction of sp³-hybridized carbons (Fsp3) is 0.211. The molecule has 2 heterocycles. The fourth-order valence-electron chi connectivity index (χ4n) is 3.49. The highest BCUT2D eigenvalue weighted by Gasteiger charge is 2.46. The van der Waals surface area contributed by atoms with E-state index in [9.17, 15) is 9.59 Å². The molecule has 0 unspecified atom stereocenters. The first-order valence-corrected chi connectivity index (χ1v) is 8.41. The maximum Gasteiger partial charge on any atom is 0.339 e. The van der Waals surface area contributed by atoms with Crippen molar-refractivity contribution in [2.75, 3.05) is 12.0 Å². The van der Waals surface area contributed by atoms with Gasteiger partial charge in [-0.2, -0.15) is 0 Å². The number of para-hydroxylation sites is 1. The first-order valence-electron chi connectivity index (χ1n) is 8.00. The van der Waals surface area contributed by atoms with Crippen molar-refractivity contribution < 1.29 is 14.3 Å². The van der Waals surface area contributed by atoms with Crippen molar-refractivity contribution in [3.8, 4) is 0 Å². The van der Waals surface area contributed by atoms with Gasteiger partial charge in [-0.05, 0) is 35.5 Å². The summed E-state index contributed by atoms with van der Waals surface area (Å²) >= 11 is 5.59. The average Bonchev–Trinajstić information content (AvgIpc) is 2.89. The van der Waals surface area contributed by atoms with Crippen LogP contribution in [-0.2, 0) is 22.5 Å². The fourth-order valence-corrected chi connectivity index (χ4v) is 3.87. The largest absolute Gasteiger partial charge is 0.465 e. The average molecular weight is 352 g/mol. The molecular formula is C19H16N2O3S. The summed E-state index contributed by atoms with van der Waals surface area (Å²) in [5, 5.41) is 0.431. The van der Waals surface area contributed by atoms with Crippen LogP contribution in [-0.4, -0.2) is 35.0 Å². The molecule has 0 radical (unpaired) electrons. The van der Waals surface area contributed by atoms with Gasteiger partial charge in [0.1, 0.15) is 6.04 Å². The van der Waals surface area contributed by atoms with Gasteiger partial charge >= 0.3 is 5.97 Å². The minimum Gasteiger partial charge on any atom is -0.465 e. The number of carbonyl (C=O) groups is 2. The Morgan fingerprint density at radius 3 is 2.56 bits per heavy atom. The van der Waals surface area contributed by atoms with Crippen LogP contribution in [0.4, 0.5) is 5.69 Å². The van der Waals surface area contributed by atoms with Crippen LogP contribution in [0.2, 0.25) is 0 Å². The molecule has 0 N–H and O–H groups in total. The number of fused-ring (bicyclic) bond motifs is 2. The second kappa shape index (κ2) is 5.97. The second-order valence-corrected chi connectivity index (χ2v) is 6.45. The standard InChI is InChI=1S/C19H16N2O3S/c1-24-18(23)14-8-4-5-9-15(14)21-17(22)16-10-12-6-2-3-7-13(12)11-20(16)19(21)25/h2-9,16H,10-11H2,1H3/t16-/m0/s1. The van der Waals surface area contributed by atoms with E-state index in [4.69, 9.17) is 17.0 Å². The lowest BCUT2D eigenvalue weighted by atomic mass is 9.95. The first kappa shape index (κ1) is 15.8. The van der Waals surface area contributed by atoms with Crippen molar-refractivity contribution in [3.63, 3.8) is 0 Å². The number of thiocarbonyl (C=S) groups is 1. The van der Waals surface area contributed by atoms with Crippen molar-refractivity contribution in [2.45, 2.75) is 19.0 Å². The molecule has 6 heteroatoms. The van der Waals surface area contributed by atoms with Gasteiger partial charge in [0.15, 0.2) is 5.11 Å². The van der Waals surface area contributed by atoms with Gasteiger partial charge in [0.25, 0.3) is 5.91 Å². The van der Waals surface area contributed by atoms with Crippen LogP contribution in [0.5, 0.6) is 0 Å². The molecule has 25 heavy (non-hydrogen) atoms. The Morgan fingerprint density at radius 1 is 1.12 bits per heavy atom. The van der Waals surface area contributed by atoms with Gasteiger partial charge in [0.05, 0.1) is 18.4 Å². The second-order valence-electron chi connectivity index (χ2n) is 6.08. The third kappa shape index (κ3) is 2.41. The number of anilines is 1. The molecule has 1 amide bonds. The van der Waals surface area contributed by atoms with Crippen LogP contribution in [0.15, 0.2) is 48.5 Å². The monoisotopic (exact) mass is 352 g/mol. The van der Waals surface area contributed by atoms with Gasteiger partial charge in [0, 0.05) is 13.0 Å². The number of hydrogen-bond acceptors (Lipinski definition) is 4. The molecule has 0 bridgehead atoms. The molecule has 0 aliphatic carbocycles. The molecule has 1 atom stereocenters. The zero-order chi connectivity index (χ0) is 17.6. The number of rotatable bonds is 2. The van der Waals surface area contributed by atoms with Crippen molar-refractivity contribution in [3.05, 3.63) is 65.2 Å². The Bertz CT molecular complexity index is 853. The van der Waals surface area contributed by atoms with Crippen LogP contribution in [0, 0.1) is 0 Å². The molecule has 0 saturated carbocycles. The molecule has 4 rings (SSSR count). The third-order valence-electron chi connectivity index (χ3n) is 4.74. The predicted octanol–water partition coefficient (Wildman–Crippen LogP) is 2.53. The molecule has 2 aromatic carbocycles. The lowest BCUT2D eigenvalue weighted by Gasteiger charge is -2.30. The summed E-state index contributed by atoms with van der Waals surface area (Å²) in [6, 6.07) is 14.6. The Kier molecular flexibility index (Phi) is 3.77. The number of benzene rings is 2. The van der Waals surface area contributed by atoms with Crippen LogP contribution >= 0.6 is 12.2 Å². The number of hydrogen-bond donors (Lipinski definition) is 0. The summed E-state index contributed by atoms with van der Waals surface area (Å²) in [5.74, 6) is -0.588. The zero-order valence-corrected chi connectivity index (χ0v) is 14.5. The molecular weight excluding hydrogens is 336 g/mol. The van der Waals surface area contributed by atoms with E-state index in [0.717, 1.165) is 0 Å². The van der Waals surface area contributed by atoms with Gasteiger partial charge in [-0.15, -0.1) is 0 Å². The summed E-state index contributed by atoms with van der Waals surface area (Å²) in [6.45, 7) is 0.600. The molecule has 2 aliphatic heterocycles. The molecule has 5 nitrogen and oxygen atoms in total. The van der Waals surface area contributed by atoms with E-state index in [1.54, 1.807) is 24.3 Å². The van der Waals surface area contributed by atoms with E-state index in [-0.39, 0.29) is 11.9 Å². The molecule has 1 saturated heterocycles. The van der Waals surface area contributed by atoms with Crippen molar-refractivity contribution in [1.29, 1.82) is 0 Å². The normalized spacial score (nSPS) is 18.8. The highest BCUT2D eigenvalue weighted by molar-refractivity contribution is 7.80. The number of esters is 1. The Hall–Kier alpha value is -2.73. The van der Waals surface area contributed by atoms with Crippen LogP contribution in [0.3, 0.4) is 0 Å². The minimum absolute atomic E-state index is 0.101. The predicted molar refractivity (Wildman–Crippen MR) is 97.3 cm³/mol. The van der Waals surface area contributed by atoms with Gasteiger partial charge in [-0.25, -0.2) is 4.79 Å². The van der Waals surface area contributed by atoms with E-state index >= 15 is 0 Å². The molecule has 0 aromatic heterocycles. The summed E-state index contributed by atoms with van der Waals surface area (Å²) < 4.78 is 4.84. The quantitative estimate of drug-likeness (QED) is 0.614. The smallest absolute Gasteiger partial charge is 0.339 e. The van der Waals surface area contributed by atoms with Crippen molar-refractivity contribution in [2.24, 2.45) is 0 Å². The maximum absolute atomic E-state index is 13.1. The first-order chi connectivity index (χ1) is 12.1. The molecule has 2 aliphatic rings. The molecule has 126 valence electrons. The lowest BCUT2D eigenvalue weighted by molar-refractivity contribution is -0.119. The Morgan fingerprint density at radius 2 is 1.80 bits per heavy atom. The van der Waals surface area contributed by atoms with Gasteiger partial charge in [-0.3, -0.25) is 9.69 Å². The van der Waals surface area contributed by atoms with E-state index < -0.39 is 5.97 Å². The van der Waals surface area contributed by atoms with Gasteiger partial charge in [0.2, 0.25) is 0 Å². The van der Waals surface area contributed by atoms with Gasteiger partial charge < -0.3 is 9.64 Å². The highest BCUT2D eigenvalue weighted by atomic mass is 32.1. The summed E-state index contributed by atoms with van der Waals surface area (Å²) in [7, 11) is 1.32. The number of carbonyl (C=O) groups excluding carboxylic acids is 2. The number of ether oxygens (including phenoxy) is 1. The third-order valence-corrected chi connectivity index (χ3v) is 5.16. The van der Waals surface area contributed by atoms with Crippen molar-refractivity contribution >= 4 is 34.9 Å². The topological polar surface area (TPSA) is 49.9 Å². The Labute approximate surface area is 150 Å². The number of methoxy groups -OCH3 is 1. The summed E-state index contributed by atoms with van der Waals surface area (Å²) in [5.41, 5.74) is 3.15. The van der Waals surface area contributed by atoms with Crippen molar-refractivity contribution in [1.82, 2.24) is 4.90 Å². The molecule has 1 fully saturated rings. The van der Waals surface area contributed by atoms with E-state index in [1.807, 2.05) is 23.1 Å². The van der Waals surface area contributed by atoms with Gasteiger partial charge in [-0.1, -0.05) is 36.4 Å². The lowest BCUT2D eigenvalue weighted by Crippen LogP contribution is -2.39. The van der Waals surface area contributed by atoms with E-state index in [1.165, 1.54) is 23.1 Å². The summed E-state index contributed by atoms with van der Waals surface area (Å²) in [6.07, 6.45) is 0.617. The molecule has 2 aromatic rings. The molecule has 0 spiro atoms. The highest BCUT2D eigenvalue weighted by Crippen LogP contribution is 2.34. The SMILES string of the molecule is COC(=O)c1ccccc1N1C(=O)[C@@H]2Cc3ccccc3CN2C1=S.